The summed E-state index contributed by atoms with van der Waals surface area (Å²) in [6, 6.07) is 7.82. The zero-order valence-corrected chi connectivity index (χ0v) is 22.1. The number of allylic oxidation sites excluding steroid dienone is 2. The molecule has 1 aliphatic carbocycles. The molecule has 2 heterocycles. The molecular weight excluding hydrogens is 458 g/mol. The molecule has 0 amide bonds. The summed E-state index contributed by atoms with van der Waals surface area (Å²) in [7, 11) is 0. The Morgan fingerprint density at radius 1 is 1.06 bits per heavy atom. The third-order valence-electron chi connectivity index (χ3n) is 6.67. The van der Waals surface area contributed by atoms with E-state index in [1.54, 1.807) is 11.8 Å². The molecule has 2 N–H and O–H groups in total. The molecular formula is C28H37N3O3S. The Labute approximate surface area is 212 Å². The Hall–Kier alpha value is -2.54. The van der Waals surface area contributed by atoms with E-state index in [1.807, 2.05) is 24.3 Å². The number of aromatic nitrogens is 2. The van der Waals surface area contributed by atoms with Gasteiger partial charge in [0, 0.05) is 29.4 Å². The van der Waals surface area contributed by atoms with Crippen LogP contribution in [0.3, 0.4) is 0 Å². The molecule has 1 atom stereocenters. The van der Waals surface area contributed by atoms with Crippen LogP contribution < -0.4 is 15.6 Å². The minimum atomic E-state index is -0.440. The van der Waals surface area contributed by atoms with Gasteiger partial charge in [-0.1, -0.05) is 70.9 Å². The lowest BCUT2D eigenvalue weighted by atomic mass is 9.69. The summed E-state index contributed by atoms with van der Waals surface area (Å²) < 4.78 is 5.83. The van der Waals surface area contributed by atoms with Gasteiger partial charge in [0.2, 0.25) is 0 Å². The molecule has 1 aliphatic heterocycles. The number of fused-ring (bicyclic) bond motifs is 1. The van der Waals surface area contributed by atoms with Crippen LogP contribution in [0.4, 0.5) is 5.82 Å². The molecule has 0 saturated heterocycles. The first-order valence-electron chi connectivity index (χ1n) is 12.9. The molecule has 35 heavy (non-hydrogen) atoms. The number of hydrogen-bond donors (Lipinski definition) is 2. The predicted molar refractivity (Wildman–Crippen MR) is 142 cm³/mol. The van der Waals surface area contributed by atoms with Crippen molar-refractivity contribution in [2.24, 2.45) is 5.41 Å². The van der Waals surface area contributed by atoms with E-state index in [0.29, 0.717) is 35.1 Å². The Morgan fingerprint density at radius 3 is 2.51 bits per heavy atom. The van der Waals surface area contributed by atoms with Gasteiger partial charge in [-0.25, -0.2) is 4.98 Å². The number of aromatic amines is 1. The van der Waals surface area contributed by atoms with Gasteiger partial charge in [-0.3, -0.25) is 9.59 Å². The number of carbonyl (C=O) groups is 1. The summed E-state index contributed by atoms with van der Waals surface area (Å²) in [4.78, 5) is 34.6. The van der Waals surface area contributed by atoms with Crippen molar-refractivity contribution < 1.29 is 9.53 Å². The zero-order chi connectivity index (χ0) is 25.0. The van der Waals surface area contributed by atoms with E-state index in [-0.39, 0.29) is 16.8 Å². The number of nitrogens with one attached hydrogen (secondary N) is 2. The fraction of sp³-hybridized carbons (Fsp3) is 0.536. The van der Waals surface area contributed by atoms with Crippen molar-refractivity contribution in [3.8, 4) is 5.75 Å². The highest BCUT2D eigenvalue weighted by Gasteiger charge is 2.42. The van der Waals surface area contributed by atoms with Crippen molar-refractivity contribution in [2.75, 3.05) is 17.7 Å². The number of hydrogen-bond acceptors (Lipinski definition) is 6. The van der Waals surface area contributed by atoms with E-state index < -0.39 is 5.92 Å². The fourth-order valence-corrected chi connectivity index (χ4v) is 5.77. The Bertz CT molecular complexity index is 1150. The van der Waals surface area contributed by atoms with Crippen LogP contribution in [-0.4, -0.2) is 28.1 Å². The Morgan fingerprint density at radius 2 is 1.80 bits per heavy atom. The SMILES string of the molecule is CCCCCSc1nc2c(c(=O)[nH]1)C(c1ccc(OCCCC)cc1)C1=C(CC(C)(C)CC1=O)N2. The van der Waals surface area contributed by atoms with Crippen LogP contribution in [0.1, 0.15) is 89.7 Å². The smallest absolute Gasteiger partial charge is 0.257 e. The molecule has 1 aromatic carbocycles. The van der Waals surface area contributed by atoms with Gasteiger partial charge in [0.05, 0.1) is 12.2 Å². The maximum atomic E-state index is 13.4. The Kier molecular flexibility index (Phi) is 8.05. The average molecular weight is 496 g/mol. The second-order valence-electron chi connectivity index (χ2n) is 10.4. The van der Waals surface area contributed by atoms with Gasteiger partial charge in [0.15, 0.2) is 10.9 Å². The van der Waals surface area contributed by atoms with Crippen molar-refractivity contribution in [1.29, 1.82) is 0 Å². The third kappa shape index (κ3) is 5.83. The number of carbonyl (C=O) groups excluding carboxylic acids is 1. The lowest BCUT2D eigenvalue weighted by Crippen LogP contribution is -2.37. The molecule has 1 unspecified atom stereocenters. The molecule has 4 rings (SSSR count). The molecule has 188 valence electrons. The molecule has 0 fully saturated rings. The molecule has 2 aromatic rings. The predicted octanol–water partition coefficient (Wildman–Crippen LogP) is 6.43. The maximum absolute atomic E-state index is 13.4. The van der Waals surface area contributed by atoms with E-state index >= 15 is 0 Å². The van der Waals surface area contributed by atoms with Gasteiger partial charge in [0.1, 0.15) is 11.6 Å². The van der Waals surface area contributed by atoms with Crippen LogP contribution in [0.5, 0.6) is 5.75 Å². The quantitative estimate of drug-likeness (QED) is 0.224. The van der Waals surface area contributed by atoms with Crippen LogP contribution in [-0.2, 0) is 4.79 Å². The van der Waals surface area contributed by atoms with Crippen molar-refractivity contribution in [3.63, 3.8) is 0 Å². The lowest BCUT2D eigenvalue weighted by Gasteiger charge is -2.38. The van der Waals surface area contributed by atoms with Gasteiger partial charge in [-0.05, 0) is 42.4 Å². The Balaban J connectivity index is 1.73. The number of anilines is 1. The van der Waals surface area contributed by atoms with Gasteiger partial charge in [0.25, 0.3) is 5.56 Å². The van der Waals surface area contributed by atoms with Crippen molar-refractivity contribution in [3.05, 3.63) is 57.0 Å². The summed E-state index contributed by atoms with van der Waals surface area (Å²) in [5.41, 5.74) is 2.71. The van der Waals surface area contributed by atoms with Gasteiger partial charge >= 0.3 is 0 Å². The number of unbranched alkanes of at least 4 members (excludes halogenated alkanes) is 3. The first-order chi connectivity index (χ1) is 16.8. The summed E-state index contributed by atoms with van der Waals surface area (Å²) in [5, 5.41) is 4.03. The van der Waals surface area contributed by atoms with Gasteiger partial charge < -0.3 is 15.0 Å². The molecule has 0 bridgehead atoms. The van der Waals surface area contributed by atoms with Crippen molar-refractivity contribution in [2.45, 2.75) is 83.7 Å². The summed E-state index contributed by atoms with van der Waals surface area (Å²) >= 11 is 1.58. The third-order valence-corrected chi connectivity index (χ3v) is 7.63. The van der Waals surface area contributed by atoms with E-state index in [1.165, 1.54) is 0 Å². The molecule has 6 nitrogen and oxygen atoms in total. The van der Waals surface area contributed by atoms with E-state index in [9.17, 15) is 9.59 Å². The largest absolute Gasteiger partial charge is 0.494 e. The normalized spacial score (nSPS) is 18.6. The number of nitrogens with zero attached hydrogens (tertiary/aromatic N) is 1. The number of Topliss-reactive ketones (excluding diaryl/α,β-unsaturated/α-hetero) is 1. The van der Waals surface area contributed by atoms with Crippen LogP contribution in [0.2, 0.25) is 0 Å². The highest BCUT2D eigenvalue weighted by molar-refractivity contribution is 7.99. The van der Waals surface area contributed by atoms with Crippen molar-refractivity contribution in [1.82, 2.24) is 9.97 Å². The molecule has 1 aromatic heterocycles. The van der Waals surface area contributed by atoms with Crippen LogP contribution >= 0.6 is 11.8 Å². The lowest BCUT2D eigenvalue weighted by molar-refractivity contribution is -0.118. The molecule has 0 spiro atoms. The molecule has 7 heteroatoms. The monoisotopic (exact) mass is 495 g/mol. The maximum Gasteiger partial charge on any atom is 0.257 e. The molecule has 0 radical (unpaired) electrons. The molecule has 2 aliphatic rings. The first-order valence-corrected chi connectivity index (χ1v) is 13.8. The van der Waals surface area contributed by atoms with E-state index in [0.717, 1.165) is 61.3 Å². The summed E-state index contributed by atoms with van der Waals surface area (Å²) in [5.74, 6) is 1.94. The highest BCUT2D eigenvalue weighted by atomic mass is 32.2. The molecule has 0 saturated carbocycles. The number of benzene rings is 1. The van der Waals surface area contributed by atoms with E-state index in [4.69, 9.17) is 9.72 Å². The van der Waals surface area contributed by atoms with E-state index in [2.05, 4.69) is 38.0 Å². The number of thioether (sulfide) groups is 1. The fourth-order valence-electron chi connectivity index (χ4n) is 4.91. The minimum Gasteiger partial charge on any atom is -0.494 e. The summed E-state index contributed by atoms with van der Waals surface area (Å²) in [6.45, 7) is 9.22. The zero-order valence-electron chi connectivity index (χ0n) is 21.3. The number of rotatable bonds is 10. The summed E-state index contributed by atoms with van der Waals surface area (Å²) in [6.07, 6.45) is 6.69. The van der Waals surface area contributed by atoms with Crippen LogP contribution in [0.15, 0.2) is 45.5 Å². The second kappa shape index (κ2) is 11.0. The number of ether oxygens (including phenoxy) is 1. The first kappa shape index (κ1) is 25.5. The van der Waals surface area contributed by atoms with Crippen molar-refractivity contribution >= 4 is 23.4 Å². The topological polar surface area (TPSA) is 84.1 Å². The second-order valence-corrected chi connectivity index (χ2v) is 11.4. The minimum absolute atomic E-state index is 0.0973. The van der Waals surface area contributed by atoms with Gasteiger partial charge in [-0.15, -0.1) is 0 Å². The standard InChI is InChI=1S/C28H37N3O3S/c1-5-7-9-15-35-27-30-25-24(26(33)31-27)22(18-10-12-19(13-11-18)34-14-8-6-2)23-20(29-25)16-28(3,4)17-21(23)32/h10-13,22H,5-9,14-17H2,1-4H3,(H2,29,30,31,33). The van der Waals surface area contributed by atoms with Crippen LogP contribution in [0, 0.1) is 5.41 Å². The average Bonchev–Trinajstić information content (AvgIpc) is 2.80. The highest BCUT2D eigenvalue weighted by Crippen LogP contribution is 2.47. The number of ketones is 1. The number of H-pyrrole nitrogens is 1. The van der Waals surface area contributed by atoms with Gasteiger partial charge in [-0.2, -0.15) is 0 Å². The van der Waals surface area contributed by atoms with Crippen LogP contribution in [0.25, 0.3) is 0 Å².